The molecule has 2 aromatic heterocycles. The maximum absolute atomic E-state index is 12.5. The van der Waals surface area contributed by atoms with Gasteiger partial charge in [-0.25, -0.2) is 0 Å². The summed E-state index contributed by atoms with van der Waals surface area (Å²) in [5.74, 6) is 2.11. The summed E-state index contributed by atoms with van der Waals surface area (Å²) in [6, 6.07) is 32.1. The molecule has 0 fully saturated rings. The quantitative estimate of drug-likeness (QED) is 0.0596. The molecule has 0 unspecified atom stereocenters. The molecule has 11 heteroatoms. The van der Waals surface area contributed by atoms with Crippen LogP contribution in [0.4, 0.5) is 0 Å². The van der Waals surface area contributed by atoms with Gasteiger partial charge in [0.25, 0.3) is 0 Å². The van der Waals surface area contributed by atoms with E-state index in [-0.39, 0.29) is 23.2 Å². The predicted octanol–water partition coefficient (Wildman–Crippen LogP) is 6.98. The van der Waals surface area contributed by atoms with E-state index in [0.717, 1.165) is 11.1 Å². The van der Waals surface area contributed by atoms with Crippen molar-refractivity contribution in [1.29, 1.82) is 0 Å². The van der Waals surface area contributed by atoms with Crippen LogP contribution in [0.15, 0.2) is 128 Å². The first-order chi connectivity index (χ1) is 26.5. The maximum atomic E-state index is 12.5. The van der Waals surface area contributed by atoms with Crippen LogP contribution in [0.2, 0.25) is 0 Å². The Kier molecular flexibility index (Phi) is 13.6. The molecular weight excluding hydrogens is 690 g/mol. The summed E-state index contributed by atoms with van der Waals surface area (Å²) in [6.45, 7) is 6.26. The summed E-state index contributed by atoms with van der Waals surface area (Å²) in [6.07, 6.45) is 0.275. The number of carbonyl (C=O) groups excluding carboxylic acids is 1. The molecule has 0 bridgehead atoms. The number of hydrogen-bond donors (Lipinski definition) is 0. The van der Waals surface area contributed by atoms with Crippen molar-refractivity contribution < 1.29 is 37.3 Å². The van der Waals surface area contributed by atoms with E-state index in [1.165, 1.54) is 12.1 Å². The Morgan fingerprint density at radius 3 is 1.50 bits per heavy atom. The van der Waals surface area contributed by atoms with E-state index in [2.05, 4.69) is 4.90 Å². The fourth-order valence-corrected chi connectivity index (χ4v) is 5.77. The lowest BCUT2D eigenvalue weighted by molar-refractivity contribution is -0.143. The highest BCUT2D eigenvalue weighted by Crippen LogP contribution is 2.26. The third-order valence-corrected chi connectivity index (χ3v) is 8.58. The van der Waals surface area contributed by atoms with Crippen LogP contribution in [0.25, 0.3) is 44.6 Å². The van der Waals surface area contributed by atoms with Gasteiger partial charge in [-0.05, 0) is 79.7 Å². The van der Waals surface area contributed by atoms with E-state index >= 15 is 0 Å². The summed E-state index contributed by atoms with van der Waals surface area (Å²) in [5.41, 5.74) is 2.48. The zero-order valence-corrected chi connectivity index (χ0v) is 30.2. The van der Waals surface area contributed by atoms with Gasteiger partial charge < -0.3 is 32.5 Å². The number of hydrogen-bond acceptors (Lipinski definition) is 11. The van der Waals surface area contributed by atoms with Crippen LogP contribution in [0.1, 0.15) is 13.3 Å². The minimum Gasteiger partial charge on any atom is -0.491 e. The number of benzene rings is 4. The Labute approximate surface area is 312 Å². The molecule has 2 heterocycles. The van der Waals surface area contributed by atoms with Crippen LogP contribution >= 0.6 is 0 Å². The van der Waals surface area contributed by atoms with Gasteiger partial charge >= 0.3 is 5.97 Å². The molecule has 6 rings (SSSR count). The van der Waals surface area contributed by atoms with E-state index in [4.69, 9.17) is 32.5 Å². The normalized spacial score (nSPS) is 11.3. The van der Waals surface area contributed by atoms with Crippen molar-refractivity contribution in [2.24, 2.45) is 0 Å². The van der Waals surface area contributed by atoms with Crippen molar-refractivity contribution in [2.75, 3.05) is 65.9 Å². The molecule has 280 valence electrons. The highest BCUT2D eigenvalue weighted by atomic mass is 16.5. The summed E-state index contributed by atoms with van der Waals surface area (Å²) in [4.78, 5) is 39.0. The fourth-order valence-electron chi connectivity index (χ4n) is 5.77. The first-order valence-electron chi connectivity index (χ1n) is 18.0. The van der Waals surface area contributed by atoms with E-state index < -0.39 is 0 Å². The lowest BCUT2D eigenvalue weighted by Gasteiger charge is -2.22. The smallest absolute Gasteiger partial charge is 0.307 e. The van der Waals surface area contributed by atoms with Gasteiger partial charge in [-0.15, -0.1) is 0 Å². The summed E-state index contributed by atoms with van der Waals surface area (Å²) < 4.78 is 40.3. The zero-order chi connectivity index (χ0) is 37.5. The maximum Gasteiger partial charge on any atom is 0.307 e. The highest BCUT2D eigenvalue weighted by molar-refractivity contribution is 5.79. The summed E-state index contributed by atoms with van der Waals surface area (Å²) >= 11 is 0. The Bertz CT molecular complexity index is 2080. The standard InChI is InChI=1S/C43H43NO10/c1-2-50-43(47)19-20-44(21-23-48-25-27-51-33-15-11-31(12-16-33)41-29-37(45)35-7-3-5-9-39(35)53-41)22-24-49-26-28-52-34-17-13-32(14-18-34)42-30-38(46)36-8-4-6-10-40(36)54-42/h3-18,29-30H,2,19-28H2,1H3. The molecule has 0 N–H and O–H groups in total. The Morgan fingerprint density at radius 1 is 0.574 bits per heavy atom. The van der Waals surface area contributed by atoms with Gasteiger partial charge in [0, 0.05) is 42.9 Å². The second-order valence-electron chi connectivity index (χ2n) is 12.3. The molecule has 0 saturated carbocycles. The average Bonchev–Trinajstić information content (AvgIpc) is 3.19. The summed E-state index contributed by atoms with van der Waals surface area (Å²) in [5, 5.41) is 1.10. The topological polar surface area (TPSA) is 127 Å². The van der Waals surface area contributed by atoms with Crippen LogP contribution < -0.4 is 20.3 Å². The lowest BCUT2D eigenvalue weighted by atomic mass is 10.1. The van der Waals surface area contributed by atoms with Crippen LogP contribution in [0.5, 0.6) is 11.5 Å². The fraction of sp³-hybridized carbons (Fsp3) is 0.279. The van der Waals surface area contributed by atoms with Gasteiger partial charge in [0.15, 0.2) is 10.9 Å². The second-order valence-corrected chi connectivity index (χ2v) is 12.3. The Morgan fingerprint density at radius 2 is 1.04 bits per heavy atom. The number of nitrogens with zero attached hydrogens (tertiary/aromatic N) is 1. The largest absolute Gasteiger partial charge is 0.491 e. The molecule has 11 nitrogen and oxygen atoms in total. The number of rotatable bonds is 20. The van der Waals surface area contributed by atoms with E-state index in [1.54, 1.807) is 31.2 Å². The molecular formula is C43H43NO10. The summed E-state index contributed by atoms with van der Waals surface area (Å²) in [7, 11) is 0. The first-order valence-corrected chi connectivity index (χ1v) is 18.0. The van der Waals surface area contributed by atoms with Crippen LogP contribution in [-0.4, -0.2) is 76.8 Å². The molecule has 0 aliphatic rings. The van der Waals surface area contributed by atoms with Crippen molar-refractivity contribution in [1.82, 2.24) is 4.90 Å². The van der Waals surface area contributed by atoms with Crippen molar-refractivity contribution in [3.05, 3.63) is 130 Å². The molecule has 54 heavy (non-hydrogen) atoms. The van der Waals surface area contributed by atoms with Gasteiger partial charge in [-0.2, -0.15) is 0 Å². The zero-order valence-electron chi connectivity index (χ0n) is 30.2. The number of fused-ring (bicyclic) bond motifs is 2. The van der Waals surface area contributed by atoms with Crippen molar-refractivity contribution in [3.63, 3.8) is 0 Å². The molecule has 0 radical (unpaired) electrons. The number of carbonyl (C=O) groups is 1. The van der Waals surface area contributed by atoms with Gasteiger partial charge in [0.2, 0.25) is 0 Å². The number of para-hydroxylation sites is 2. The van der Waals surface area contributed by atoms with E-state index in [1.807, 2.05) is 72.8 Å². The van der Waals surface area contributed by atoms with Gasteiger partial charge in [0.1, 0.15) is 47.4 Å². The van der Waals surface area contributed by atoms with E-state index in [9.17, 15) is 14.4 Å². The number of esters is 1. The van der Waals surface area contributed by atoms with Crippen LogP contribution in [0, 0.1) is 0 Å². The van der Waals surface area contributed by atoms with Crippen LogP contribution in [-0.2, 0) is 19.0 Å². The predicted molar refractivity (Wildman–Crippen MR) is 206 cm³/mol. The molecule has 0 spiro atoms. The lowest BCUT2D eigenvalue weighted by Crippen LogP contribution is -2.33. The second kappa shape index (κ2) is 19.4. The third-order valence-electron chi connectivity index (χ3n) is 8.58. The minimum absolute atomic E-state index is 0.0853. The molecule has 4 aromatic carbocycles. The Balaban J connectivity index is 0.884. The van der Waals surface area contributed by atoms with Gasteiger partial charge in [-0.1, -0.05) is 24.3 Å². The molecule has 0 saturated heterocycles. The molecule has 0 atom stereocenters. The van der Waals surface area contributed by atoms with Crippen molar-refractivity contribution in [2.45, 2.75) is 13.3 Å². The Hall–Kier alpha value is -5.75. The van der Waals surface area contributed by atoms with Gasteiger partial charge in [-0.3, -0.25) is 19.3 Å². The minimum atomic E-state index is -0.242. The van der Waals surface area contributed by atoms with Crippen molar-refractivity contribution >= 4 is 27.9 Å². The SMILES string of the molecule is CCOC(=O)CCN(CCOCCOc1ccc(-c2cc(=O)c3ccccc3o2)cc1)CCOCCOc1ccc(-c2cc(=O)c3ccccc3o2)cc1. The van der Waals surface area contributed by atoms with Crippen molar-refractivity contribution in [3.8, 4) is 34.1 Å². The average molecular weight is 734 g/mol. The molecule has 0 aliphatic heterocycles. The van der Waals surface area contributed by atoms with Crippen LogP contribution in [0.3, 0.4) is 0 Å². The van der Waals surface area contributed by atoms with E-state index in [0.29, 0.717) is 111 Å². The number of ether oxygens (including phenoxy) is 5. The molecule has 0 aliphatic carbocycles. The highest BCUT2D eigenvalue weighted by Gasteiger charge is 2.11. The first kappa shape index (κ1) is 38.0. The van der Waals surface area contributed by atoms with Gasteiger partial charge in [0.05, 0.1) is 50.2 Å². The molecule has 6 aromatic rings. The molecule has 0 amide bonds. The monoisotopic (exact) mass is 733 g/mol. The third kappa shape index (κ3) is 10.7.